The highest BCUT2D eigenvalue weighted by molar-refractivity contribution is 6.22. The van der Waals surface area contributed by atoms with Gasteiger partial charge >= 0.3 is 5.97 Å². The minimum absolute atomic E-state index is 0.112. The van der Waals surface area contributed by atoms with Gasteiger partial charge in [-0.2, -0.15) is 0 Å². The predicted octanol–water partition coefficient (Wildman–Crippen LogP) is 1.25. The first-order chi connectivity index (χ1) is 8.06. The van der Waals surface area contributed by atoms with Gasteiger partial charge in [-0.1, -0.05) is 6.92 Å². The number of carbonyl (C=O) groups is 3. The number of aliphatic carboxylic acids is 1. The van der Waals surface area contributed by atoms with Crippen molar-refractivity contribution in [2.45, 2.75) is 39.0 Å². The highest BCUT2D eigenvalue weighted by atomic mass is 16.4. The second-order valence-corrected chi connectivity index (χ2v) is 4.17. The van der Waals surface area contributed by atoms with Gasteiger partial charge in [0.05, 0.1) is 0 Å². The molecule has 1 aliphatic carbocycles. The average Bonchev–Trinajstić information content (AvgIpc) is 2.26. The van der Waals surface area contributed by atoms with Crippen molar-refractivity contribution in [2.75, 3.05) is 6.54 Å². The van der Waals surface area contributed by atoms with Gasteiger partial charge in [0.15, 0.2) is 0 Å². The lowest BCUT2D eigenvalue weighted by molar-refractivity contribution is -0.135. The molecule has 94 valence electrons. The monoisotopic (exact) mass is 239 g/mol. The van der Waals surface area contributed by atoms with Gasteiger partial charge < -0.3 is 5.11 Å². The van der Waals surface area contributed by atoms with Crippen molar-refractivity contribution in [3.05, 3.63) is 0 Å². The summed E-state index contributed by atoms with van der Waals surface area (Å²) in [6.07, 6.45) is 2.65. The Morgan fingerprint density at radius 2 is 2.12 bits per heavy atom. The van der Waals surface area contributed by atoms with E-state index < -0.39 is 11.9 Å². The molecule has 0 heterocycles. The summed E-state index contributed by atoms with van der Waals surface area (Å²) in [4.78, 5) is 37.9. The molecule has 0 saturated heterocycles. The first-order valence-corrected chi connectivity index (χ1v) is 5.86. The Labute approximate surface area is 99.9 Å². The lowest BCUT2D eigenvalue weighted by Gasteiger charge is -2.21. The Kier molecular flexibility index (Phi) is 5.00. The van der Waals surface area contributed by atoms with Crippen LogP contribution in [0.4, 0.5) is 0 Å². The van der Waals surface area contributed by atoms with E-state index >= 15 is 0 Å². The average molecular weight is 239 g/mol. The lowest BCUT2D eigenvalue weighted by Crippen LogP contribution is -2.35. The van der Waals surface area contributed by atoms with Crippen LogP contribution >= 0.6 is 0 Å². The van der Waals surface area contributed by atoms with Crippen LogP contribution < -0.4 is 0 Å². The van der Waals surface area contributed by atoms with Gasteiger partial charge in [-0.3, -0.25) is 19.4 Å². The third kappa shape index (κ3) is 3.76. The van der Waals surface area contributed by atoms with E-state index in [1.807, 2.05) is 6.92 Å². The first kappa shape index (κ1) is 13.5. The van der Waals surface area contributed by atoms with Crippen LogP contribution in [-0.2, 0) is 14.4 Å². The Balaban J connectivity index is 2.84. The van der Waals surface area contributed by atoms with E-state index in [1.54, 1.807) is 0 Å². The van der Waals surface area contributed by atoms with Crippen LogP contribution in [0.2, 0.25) is 0 Å². The van der Waals surface area contributed by atoms with Gasteiger partial charge in [0.2, 0.25) is 0 Å². The molecule has 1 atom stereocenters. The minimum atomic E-state index is -1.04. The number of carboxylic acid groups (broad SMARTS) is 1. The number of hydrogen-bond donors (Lipinski definition) is 1. The molecule has 1 unspecified atom stereocenters. The van der Waals surface area contributed by atoms with Crippen molar-refractivity contribution in [1.82, 2.24) is 0 Å². The molecule has 0 aromatic heterocycles. The molecule has 1 saturated carbocycles. The molecule has 5 nitrogen and oxygen atoms in total. The highest BCUT2D eigenvalue weighted by Crippen LogP contribution is 2.21. The fraction of sp³-hybridized carbons (Fsp3) is 0.667. The van der Waals surface area contributed by atoms with E-state index in [9.17, 15) is 14.4 Å². The van der Waals surface area contributed by atoms with E-state index in [0.29, 0.717) is 37.8 Å². The second-order valence-electron chi connectivity index (χ2n) is 4.17. The molecule has 1 fully saturated rings. The maximum atomic E-state index is 11.8. The zero-order chi connectivity index (χ0) is 12.8. The molecule has 0 spiro atoms. The van der Waals surface area contributed by atoms with Crippen molar-refractivity contribution < 1.29 is 19.5 Å². The maximum absolute atomic E-state index is 11.8. The van der Waals surface area contributed by atoms with Crippen molar-refractivity contribution in [2.24, 2.45) is 10.9 Å². The zero-order valence-corrected chi connectivity index (χ0v) is 9.94. The third-order valence-electron chi connectivity index (χ3n) is 2.75. The van der Waals surface area contributed by atoms with Gasteiger partial charge in [0, 0.05) is 18.6 Å². The third-order valence-corrected chi connectivity index (χ3v) is 2.75. The summed E-state index contributed by atoms with van der Waals surface area (Å²) in [5.41, 5.74) is 0.460. The molecule has 0 bridgehead atoms. The maximum Gasteiger partial charge on any atom is 0.325 e. The number of carboxylic acids is 1. The minimum Gasteiger partial charge on any atom is -0.480 e. The van der Waals surface area contributed by atoms with E-state index in [-0.39, 0.29) is 18.1 Å². The first-order valence-electron chi connectivity index (χ1n) is 5.86. The summed E-state index contributed by atoms with van der Waals surface area (Å²) in [7, 11) is 0. The van der Waals surface area contributed by atoms with Gasteiger partial charge in [0.1, 0.15) is 24.0 Å². The van der Waals surface area contributed by atoms with Crippen molar-refractivity contribution in [3.8, 4) is 0 Å². The highest BCUT2D eigenvalue weighted by Gasteiger charge is 2.33. The normalized spacial score (nSPS) is 22.8. The summed E-state index contributed by atoms with van der Waals surface area (Å²) >= 11 is 0. The van der Waals surface area contributed by atoms with Crippen molar-refractivity contribution in [1.29, 1.82) is 0 Å². The van der Waals surface area contributed by atoms with Gasteiger partial charge in [0.25, 0.3) is 0 Å². The Bertz CT molecular complexity index is 360. The summed E-state index contributed by atoms with van der Waals surface area (Å²) in [5, 5.41) is 8.56. The number of carbonyl (C=O) groups excluding carboxylic acids is 2. The second kappa shape index (κ2) is 6.27. The van der Waals surface area contributed by atoms with Gasteiger partial charge in [-0.15, -0.1) is 0 Å². The fourth-order valence-electron chi connectivity index (χ4n) is 2.01. The summed E-state index contributed by atoms with van der Waals surface area (Å²) in [6.45, 7) is 1.51. The summed E-state index contributed by atoms with van der Waals surface area (Å²) in [5.74, 6) is -2.06. The molecule has 1 N–H and O–H groups in total. The fourth-order valence-corrected chi connectivity index (χ4v) is 2.01. The van der Waals surface area contributed by atoms with Crippen LogP contribution in [0.15, 0.2) is 4.99 Å². The van der Waals surface area contributed by atoms with Crippen LogP contribution in [0.1, 0.15) is 39.0 Å². The Hall–Kier alpha value is -1.52. The molecule has 5 heteroatoms. The molecule has 1 rings (SSSR count). The van der Waals surface area contributed by atoms with E-state index in [2.05, 4.69) is 4.99 Å². The zero-order valence-electron chi connectivity index (χ0n) is 9.94. The largest absolute Gasteiger partial charge is 0.480 e. The van der Waals surface area contributed by atoms with Crippen LogP contribution in [0.25, 0.3) is 0 Å². The van der Waals surface area contributed by atoms with Gasteiger partial charge in [-0.25, -0.2) is 0 Å². The molecule has 0 aliphatic heterocycles. The van der Waals surface area contributed by atoms with Crippen LogP contribution in [-0.4, -0.2) is 34.9 Å². The van der Waals surface area contributed by atoms with E-state index in [0.717, 1.165) is 0 Å². The topological polar surface area (TPSA) is 83.8 Å². The molecule has 1 aliphatic rings. The number of aliphatic imine (C=N–C) groups is 1. The molecule has 0 aromatic carbocycles. The van der Waals surface area contributed by atoms with Gasteiger partial charge in [-0.05, 0) is 19.3 Å². The predicted molar refractivity (Wildman–Crippen MR) is 62.2 cm³/mol. The standard InChI is InChI=1S/C12H17NO4/c1-2-4-9(14)12-8(13-7-11(16)17)5-3-6-10(12)15/h12H,2-7H2,1H3,(H,16,17). The Morgan fingerprint density at radius 3 is 2.71 bits per heavy atom. The molecule has 0 radical (unpaired) electrons. The van der Waals surface area contributed by atoms with Crippen LogP contribution in [0, 0.1) is 5.92 Å². The van der Waals surface area contributed by atoms with Crippen LogP contribution in [0.5, 0.6) is 0 Å². The molecular formula is C12H17NO4. The molecule has 0 amide bonds. The SMILES string of the molecule is CCCC(=O)C1C(=O)CCCC1=NCC(=O)O. The summed E-state index contributed by atoms with van der Waals surface area (Å²) < 4.78 is 0. The molecule has 0 aromatic rings. The number of ketones is 2. The van der Waals surface area contributed by atoms with Crippen molar-refractivity contribution >= 4 is 23.2 Å². The quantitative estimate of drug-likeness (QED) is 0.732. The summed E-state index contributed by atoms with van der Waals surface area (Å²) in [6, 6.07) is 0. The van der Waals surface area contributed by atoms with E-state index in [1.165, 1.54) is 0 Å². The Morgan fingerprint density at radius 1 is 1.41 bits per heavy atom. The number of hydrogen-bond acceptors (Lipinski definition) is 4. The number of rotatable bonds is 5. The van der Waals surface area contributed by atoms with E-state index in [4.69, 9.17) is 5.11 Å². The van der Waals surface area contributed by atoms with Crippen LogP contribution in [0.3, 0.4) is 0 Å². The number of nitrogens with zero attached hydrogens (tertiary/aromatic N) is 1. The molecule has 17 heavy (non-hydrogen) atoms. The molecular weight excluding hydrogens is 222 g/mol. The number of Topliss-reactive ketones (excluding diaryl/α,β-unsaturated/α-hetero) is 2. The lowest BCUT2D eigenvalue weighted by atomic mass is 9.82. The van der Waals surface area contributed by atoms with Crippen molar-refractivity contribution in [3.63, 3.8) is 0 Å². The smallest absolute Gasteiger partial charge is 0.325 e.